The summed E-state index contributed by atoms with van der Waals surface area (Å²) < 4.78 is 9.38. The predicted octanol–water partition coefficient (Wildman–Crippen LogP) is 0.974. The van der Waals surface area contributed by atoms with Crippen molar-refractivity contribution in [1.29, 1.82) is 0 Å². The zero-order chi connectivity index (χ0) is 13.9. The van der Waals surface area contributed by atoms with Crippen LogP contribution in [0.2, 0.25) is 0 Å². The highest BCUT2D eigenvalue weighted by Gasteiger charge is 2.35. The quantitative estimate of drug-likeness (QED) is 0.847. The lowest BCUT2D eigenvalue weighted by atomic mass is 10.2. The average Bonchev–Trinajstić information content (AvgIpc) is 2.96. The first kappa shape index (κ1) is 13.8. The van der Waals surface area contributed by atoms with Crippen molar-refractivity contribution in [2.75, 3.05) is 25.2 Å². The number of aromatic nitrogens is 2. The molecule has 1 atom stereocenters. The number of anilines is 1. The number of nitrogens with one attached hydrogen (secondary N) is 1. The smallest absolute Gasteiger partial charge is 0.243 e. The van der Waals surface area contributed by atoms with Crippen LogP contribution in [0.4, 0.5) is 5.13 Å². The van der Waals surface area contributed by atoms with Crippen LogP contribution < -0.4 is 10.2 Å². The minimum atomic E-state index is -0.0705. The van der Waals surface area contributed by atoms with E-state index in [2.05, 4.69) is 19.6 Å². The molecule has 110 valence electrons. The summed E-state index contributed by atoms with van der Waals surface area (Å²) in [5.41, 5.74) is 0. The molecular weight excluding hydrogens is 276 g/mol. The van der Waals surface area contributed by atoms with Gasteiger partial charge in [-0.2, -0.15) is 4.37 Å². The molecule has 1 aromatic rings. The minimum absolute atomic E-state index is 0.0705. The zero-order valence-corrected chi connectivity index (χ0v) is 12.5. The molecule has 0 radical (unpaired) electrons. The van der Waals surface area contributed by atoms with Crippen LogP contribution in [0, 0.1) is 0 Å². The lowest BCUT2D eigenvalue weighted by Crippen LogP contribution is -2.44. The second-order valence-electron chi connectivity index (χ2n) is 5.37. The van der Waals surface area contributed by atoms with Crippen molar-refractivity contribution < 1.29 is 9.53 Å². The summed E-state index contributed by atoms with van der Waals surface area (Å²) in [7, 11) is 1.67. The Hall–Kier alpha value is -1.21. The Morgan fingerprint density at radius 1 is 1.50 bits per heavy atom. The van der Waals surface area contributed by atoms with Crippen LogP contribution >= 0.6 is 11.5 Å². The topological polar surface area (TPSA) is 67.3 Å². The third-order valence-electron chi connectivity index (χ3n) is 3.71. The van der Waals surface area contributed by atoms with Gasteiger partial charge in [0.15, 0.2) is 0 Å². The summed E-state index contributed by atoms with van der Waals surface area (Å²) in [6.07, 6.45) is 4.91. The molecule has 0 aromatic carbocycles. The van der Waals surface area contributed by atoms with E-state index in [0.29, 0.717) is 12.6 Å². The highest BCUT2D eigenvalue weighted by Crippen LogP contribution is 2.28. The molecule has 3 rings (SSSR count). The molecule has 7 heteroatoms. The van der Waals surface area contributed by atoms with Gasteiger partial charge in [0.1, 0.15) is 11.9 Å². The van der Waals surface area contributed by atoms with Crippen molar-refractivity contribution in [2.45, 2.75) is 44.2 Å². The molecular formula is C13H20N4O2S. The van der Waals surface area contributed by atoms with Gasteiger partial charge in [0.05, 0.1) is 6.61 Å². The largest absolute Gasteiger partial charge is 0.384 e. The number of rotatable bonds is 6. The van der Waals surface area contributed by atoms with Gasteiger partial charge in [-0.1, -0.05) is 0 Å². The molecule has 1 amide bonds. The van der Waals surface area contributed by atoms with E-state index < -0.39 is 0 Å². The standard InChI is InChI=1S/C13H20N4O2S/c1-19-8-6-11-15-13(20-16-11)17-7-2-3-10(17)12(18)14-9-4-5-9/h9-10H,2-8H2,1H3,(H,14,18)/t10-/m0/s1. The average molecular weight is 296 g/mol. The maximum Gasteiger partial charge on any atom is 0.243 e. The Bertz CT molecular complexity index is 475. The fourth-order valence-corrected chi connectivity index (χ4v) is 3.24. The third-order valence-corrected chi connectivity index (χ3v) is 4.50. The fraction of sp³-hybridized carbons (Fsp3) is 0.769. The van der Waals surface area contributed by atoms with Gasteiger partial charge in [-0.3, -0.25) is 4.79 Å². The Balaban J connectivity index is 1.64. The summed E-state index contributed by atoms with van der Waals surface area (Å²) in [5.74, 6) is 0.957. The van der Waals surface area contributed by atoms with E-state index in [0.717, 1.165) is 49.6 Å². The van der Waals surface area contributed by atoms with Gasteiger partial charge in [0.25, 0.3) is 0 Å². The first-order valence-electron chi connectivity index (χ1n) is 7.16. The summed E-state index contributed by atoms with van der Waals surface area (Å²) in [4.78, 5) is 18.9. The number of amides is 1. The van der Waals surface area contributed by atoms with Crippen molar-refractivity contribution in [1.82, 2.24) is 14.7 Å². The van der Waals surface area contributed by atoms with Gasteiger partial charge >= 0.3 is 0 Å². The van der Waals surface area contributed by atoms with Crippen LogP contribution in [-0.2, 0) is 16.0 Å². The normalized spacial score (nSPS) is 22.2. The Morgan fingerprint density at radius 3 is 3.10 bits per heavy atom. The van der Waals surface area contributed by atoms with E-state index in [4.69, 9.17) is 4.74 Å². The second kappa shape index (κ2) is 6.05. The molecule has 0 bridgehead atoms. The molecule has 20 heavy (non-hydrogen) atoms. The van der Waals surface area contributed by atoms with Gasteiger partial charge in [-0.15, -0.1) is 0 Å². The molecule has 6 nitrogen and oxygen atoms in total. The van der Waals surface area contributed by atoms with E-state index in [9.17, 15) is 4.79 Å². The van der Waals surface area contributed by atoms with E-state index >= 15 is 0 Å². The van der Waals surface area contributed by atoms with Crippen LogP contribution in [0.25, 0.3) is 0 Å². The number of carbonyl (C=O) groups is 1. The molecule has 2 heterocycles. The van der Waals surface area contributed by atoms with Crippen molar-refractivity contribution in [3.8, 4) is 0 Å². The first-order chi connectivity index (χ1) is 9.78. The lowest BCUT2D eigenvalue weighted by molar-refractivity contribution is -0.122. The van der Waals surface area contributed by atoms with E-state index in [1.807, 2.05) is 0 Å². The van der Waals surface area contributed by atoms with Crippen molar-refractivity contribution >= 4 is 22.6 Å². The van der Waals surface area contributed by atoms with Gasteiger partial charge in [0, 0.05) is 37.6 Å². The number of carbonyl (C=O) groups excluding carboxylic acids is 1. The van der Waals surface area contributed by atoms with E-state index in [1.165, 1.54) is 11.5 Å². The number of hydrogen-bond acceptors (Lipinski definition) is 6. The van der Waals surface area contributed by atoms with Gasteiger partial charge in [-0.25, -0.2) is 4.98 Å². The Kier molecular flexibility index (Phi) is 4.16. The molecule has 1 saturated heterocycles. The third kappa shape index (κ3) is 3.09. The maximum atomic E-state index is 12.2. The van der Waals surface area contributed by atoms with Crippen molar-refractivity contribution in [2.24, 2.45) is 0 Å². The SMILES string of the molecule is COCCc1nsc(N2CCC[C@H]2C(=O)NC2CC2)n1. The van der Waals surface area contributed by atoms with E-state index in [1.54, 1.807) is 7.11 Å². The highest BCUT2D eigenvalue weighted by atomic mass is 32.1. The monoisotopic (exact) mass is 296 g/mol. The lowest BCUT2D eigenvalue weighted by Gasteiger charge is -2.22. The molecule has 1 aliphatic carbocycles. The van der Waals surface area contributed by atoms with Crippen LogP contribution in [0.15, 0.2) is 0 Å². The molecule has 0 unspecified atom stereocenters. The number of ether oxygens (including phenoxy) is 1. The van der Waals surface area contributed by atoms with Crippen LogP contribution in [0.5, 0.6) is 0 Å². The molecule has 0 spiro atoms. The summed E-state index contributed by atoms with van der Waals surface area (Å²) >= 11 is 1.38. The number of nitrogens with zero attached hydrogens (tertiary/aromatic N) is 3. The number of hydrogen-bond donors (Lipinski definition) is 1. The summed E-state index contributed by atoms with van der Waals surface area (Å²) in [6.45, 7) is 1.52. The first-order valence-corrected chi connectivity index (χ1v) is 7.94. The summed E-state index contributed by atoms with van der Waals surface area (Å²) in [6, 6.07) is 0.343. The molecule has 1 N–H and O–H groups in total. The highest BCUT2D eigenvalue weighted by molar-refractivity contribution is 7.09. The van der Waals surface area contributed by atoms with E-state index in [-0.39, 0.29) is 11.9 Å². The van der Waals surface area contributed by atoms with Crippen molar-refractivity contribution in [3.05, 3.63) is 5.82 Å². The predicted molar refractivity (Wildman–Crippen MR) is 77.0 cm³/mol. The molecule has 1 aromatic heterocycles. The van der Waals surface area contributed by atoms with Gasteiger partial charge < -0.3 is 15.0 Å². The fourth-order valence-electron chi connectivity index (χ4n) is 2.45. The second-order valence-corrected chi connectivity index (χ2v) is 6.10. The van der Waals surface area contributed by atoms with Crippen LogP contribution in [0.3, 0.4) is 0 Å². The molecule has 1 saturated carbocycles. The van der Waals surface area contributed by atoms with Gasteiger partial charge in [-0.05, 0) is 25.7 Å². The molecule has 1 aliphatic heterocycles. The maximum absolute atomic E-state index is 12.2. The number of methoxy groups -OCH3 is 1. The minimum Gasteiger partial charge on any atom is -0.384 e. The van der Waals surface area contributed by atoms with Crippen LogP contribution in [0.1, 0.15) is 31.5 Å². The Morgan fingerprint density at radius 2 is 2.35 bits per heavy atom. The van der Waals surface area contributed by atoms with Crippen LogP contribution in [-0.4, -0.2) is 47.6 Å². The molecule has 2 aliphatic rings. The Labute approximate surface area is 122 Å². The molecule has 2 fully saturated rings. The van der Waals surface area contributed by atoms with Gasteiger partial charge in [0.2, 0.25) is 11.0 Å². The summed E-state index contributed by atoms with van der Waals surface area (Å²) in [5, 5.41) is 3.96. The zero-order valence-electron chi connectivity index (χ0n) is 11.7. The van der Waals surface area contributed by atoms with Crippen molar-refractivity contribution in [3.63, 3.8) is 0 Å².